The predicted octanol–water partition coefficient (Wildman–Crippen LogP) is 3.31. The van der Waals surface area contributed by atoms with E-state index in [4.69, 9.17) is 0 Å². The number of nitrogens with zero attached hydrogens (tertiary/aromatic N) is 2. The van der Waals surface area contributed by atoms with E-state index in [9.17, 15) is 0 Å². The third-order valence-electron chi connectivity index (χ3n) is 1.67. The maximum absolute atomic E-state index is 4.40. The molecular weight excluding hydrogens is 274 g/mol. The van der Waals surface area contributed by atoms with E-state index in [1.54, 1.807) is 6.20 Å². The van der Waals surface area contributed by atoms with Crippen LogP contribution in [0.15, 0.2) is 10.7 Å². The first-order valence-corrected chi connectivity index (χ1v) is 6.53. The smallest absolute Gasteiger partial charge is 0.143 e. The van der Waals surface area contributed by atoms with Gasteiger partial charge in [0.2, 0.25) is 0 Å². The van der Waals surface area contributed by atoms with Crippen LogP contribution in [0.1, 0.15) is 26.6 Å². The fourth-order valence-corrected chi connectivity index (χ4v) is 2.02. The highest BCUT2D eigenvalue weighted by molar-refractivity contribution is 9.10. The molecule has 0 fully saturated rings. The Balaban J connectivity index is 2.70. The van der Waals surface area contributed by atoms with Crippen molar-refractivity contribution in [3.63, 3.8) is 0 Å². The molecule has 0 aromatic carbocycles. The van der Waals surface area contributed by atoms with Crippen molar-refractivity contribution in [1.82, 2.24) is 9.97 Å². The molecule has 0 bridgehead atoms. The average molecular weight is 290 g/mol. The second-order valence-electron chi connectivity index (χ2n) is 4.13. The van der Waals surface area contributed by atoms with Crippen LogP contribution in [0.5, 0.6) is 0 Å². The van der Waals surface area contributed by atoms with Crippen molar-refractivity contribution in [1.29, 1.82) is 0 Å². The van der Waals surface area contributed by atoms with Gasteiger partial charge in [-0.25, -0.2) is 9.97 Å². The molecule has 15 heavy (non-hydrogen) atoms. The molecule has 0 aliphatic heterocycles. The van der Waals surface area contributed by atoms with Crippen molar-refractivity contribution in [2.45, 2.75) is 31.3 Å². The highest BCUT2D eigenvalue weighted by atomic mass is 79.9. The highest BCUT2D eigenvalue weighted by Gasteiger charge is 2.12. The molecule has 0 saturated carbocycles. The summed E-state index contributed by atoms with van der Waals surface area (Å²) in [4.78, 5) is 8.68. The van der Waals surface area contributed by atoms with Gasteiger partial charge in [-0.15, -0.1) is 11.8 Å². The van der Waals surface area contributed by atoms with Crippen LogP contribution >= 0.6 is 27.7 Å². The molecule has 1 aromatic rings. The summed E-state index contributed by atoms with van der Waals surface area (Å²) in [5.41, 5.74) is 0. The number of halogens is 1. The lowest BCUT2D eigenvalue weighted by atomic mass is 10.3. The second-order valence-corrected chi connectivity index (χ2v) is 6.79. The Bertz CT molecular complexity index is 336. The Morgan fingerprint density at radius 1 is 1.47 bits per heavy atom. The lowest BCUT2D eigenvalue weighted by molar-refractivity contribution is 0.800. The van der Waals surface area contributed by atoms with Crippen LogP contribution in [0.4, 0.5) is 5.82 Å². The minimum Gasteiger partial charge on any atom is -0.372 e. The molecule has 1 N–H and O–H groups in total. The van der Waals surface area contributed by atoms with E-state index in [0.717, 1.165) is 21.9 Å². The SMILES string of the molecule is CNc1nc(CSC(C)(C)C)ncc1Br. The molecular formula is C10H16BrN3S. The van der Waals surface area contributed by atoms with E-state index in [1.807, 2.05) is 18.8 Å². The van der Waals surface area contributed by atoms with Crippen LogP contribution in [0.25, 0.3) is 0 Å². The maximum Gasteiger partial charge on any atom is 0.143 e. The van der Waals surface area contributed by atoms with Crippen molar-refractivity contribution < 1.29 is 0 Å². The quantitative estimate of drug-likeness (QED) is 0.926. The number of hydrogen-bond acceptors (Lipinski definition) is 4. The zero-order valence-electron chi connectivity index (χ0n) is 9.47. The summed E-state index contributed by atoms with van der Waals surface area (Å²) >= 11 is 5.23. The first-order chi connectivity index (χ1) is 6.92. The summed E-state index contributed by atoms with van der Waals surface area (Å²) in [6.07, 6.45) is 1.79. The third-order valence-corrected chi connectivity index (χ3v) is 3.51. The van der Waals surface area contributed by atoms with E-state index in [0.29, 0.717) is 0 Å². The van der Waals surface area contributed by atoms with Crippen LogP contribution in [0.3, 0.4) is 0 Å². The Hall–Kier alpha value is -0.290. The predicted molar refractivity (Wildman–Crippen MR) is 70.3 cm³/mol. The van der Waals surface area contributed by atoms with Gasteiger partial charge >= 0.3 is 0 Å². The van der Waals surface area contributed by atoms with Crippen molar-refractivity contribution >= 4 is 33.5 Å². The zero-order chi connectivity index (χ0) is 11.5. The van der Waals surface area contributed by atoms with Crippen molar-refractivity contribution in [2.24, 2.45) is 0 Å². The highest BCUT2D eigenvalue weighted by Crippen LogP contribution is 2.27. The van der Waals surface area contributed by atoms with E-state index >= 15 is 0 Å². The zero-order valence-corrected chi connectivity index (χ0v) is 11.9. The summed E-state index contributed by atoms with van der Waals surface area (Å²) in [7, 11) is 1.85. The molecule has 0 aliphatic carbocycles. The van der Waals surface area contributed by atoms with E-state index in [-0.39, 0.29) is 4.75 Å². The monoisotopic (exact) mass is 289 g/mol. The minimum atomic E-state index is 0.246. The Morgan fingerprint density at radius 3 is 2.67 bits per heavy atom. The number of thioether (sulfide) groups is 1. The summed E-state index contributed by atoms with van der Waals surface area (Å²) in [6, 6.07) is 0. The molecule has 3 nitrogen and oxygen atoms in total. The molecule has 0 spiro atoms. The molecule has 0 aliphatic rings. The van der Waals surface area contributed by atoms with E-state index in [1.165, 1.54) is 0 Å². The first-order valence-electron chi connectivity index (χ1n) is 4.75. The lowest BCUT2D eigenvalue weighted by Crippen LogP contribution is -2.09. The normalized spacial score (nSPS) is 11.5. The molecule has 5 heteroatoms. The summed E-state index contributed by atoms with van der Waals surface area (Å²) < 4.78 is 1.14. The lowest BCUT2D eigenvalue weighted by Gasteiger charge is -2.16. The van der Waals surface area contributed by atoms with Gasteiger partial charge < -0.3 is 5.32 Å². The molecule has 0 saturated heterocycles. The fourth-order valence-electron chi connectivity index (χ4n) is 0.930. The van der Waals surface area contributed by atoms with Crippen molar-refractivity contribution in [3.05, 3.63) is 16.5 Å². The van der Waals surface area contributed by atoms with Gasteiger partial charge in [0.1, 0.15) is 11.6 Å². The topological polar surface area (TPSA) is 37.8 Å². The number of rotatable bonds is 3. The molecule has 1 rings (SSSR count). The number of nitrogens with one attached hydrogen (secondary N) is 1. The standard InChI is InChI=1S/C10H16BrN3S/c1-10(2,3)15-6-8-13-5-7(11)9(12-4)14-8/h5H,6H2,1-4H3,(H,12,13,14). The van der Waals surface area contributed by atoms with Gasteiger partial charge in [0.05, 0.1) is 10.2 Å². The summed E-state index contributed by atoms with van der Waals surface area (Å²) in [5.74, 6) is 2.54. The molecule has 1 aromatic heterocycles. The molecule has 0 radical (unpaired) electrons. The second kappa shape index (κ2) is 5.16. The van der Waals surface area contributed by atoms with Crippen LogP contribution in [-0.4, -0.2) is 21.8 Å². The molecule has 84 valence electrons. The van der Waals surface area contributed by atoms with Gasteiger partial charge in [-0.1, -0.05) is 20.8 Å². The van der Waals surface area contributed by atoms with Gasteiger partial charge in [-0.2, -0.15) is 0 Å². The molecule has 0 unspecified atom stereocenters. The Labute approximate surface area is 104 Å². The first kappa shape index (κ1) is 12.8. The summed E-state index contributed by atoms with van der Waals surface area (Å²) in [6.45, 7) is 6.57. The molecule has 1 heterocycles. The van der Waals surface area contributed by atoms with Gasteiger partial charge in [-0.3, -0.25) is 0 Å². The Kier molecular flexibility index (Phi) is 4.40. The summed E-state index contributed by atoms with van der Waals surface area (Å²) in [5, 5.41) is 3.03. The van der Waals surface area contributed by atoms with Gasteiger partial charge in [-0.05, 0) is 15.9 Å². The van der Waals surface area contributed by atoms with Crippen LogP contribution < -0.4 is 5.32 Å². The molecule has 0 atom stereocenters. The van der Waals surface area contributed by atoms with Crippen molar-refractivity contribution in [2.75, 3.05) is 12.4 Å². The van der Waals surface area contributed by atoms with Gasteiger partial charge in [0.15, 0.2) is 0 Å². The fraction of sp³-hybridized carbons (Fsp3) is 0.600. The van der Waals surface area contributed by atoms with Crippen LogP contribution in [0, 0.1) is 0 Å². The largest absolute Gasteiger partial charge is 0.372 e. The van der Waals surface area contributed by atoms with Crippen molar-refractivity contribution in [3.8, 4) is 0 Å². The number of aromatic nitrogens is 2. The van der Waals surface area contributed by atoms with Gasteiger partial charge in [0.25, 0.3) is 0 Å². The number of hydrogen-bond donors (Lipinski definition) is 1. The number of anilines is 1. The third kappa shape index (κ3) is 4.38. The average Bonchev–Trinajstić information content (AvgIpc) is 2.15. The minimum absolute atomic E-state index is 0.246. The van der Waals surface area contributed by atoms with E-state index in [2.05, 4.69) is 52.0 Å². The van der Waals surface area contributed by atoms with E-state index < -0.39 is 0 Å². The van der Waals surface area contributed by atoms with Crippen LogP contribution in [-0.2, 0) is 5.75 Å². The van der Waals surface area contributed by atoms with Crippen LogP contribution in [0.2, 0.25) is 0 Å². The maximum atomic E-state index is 4.40. The Morgan fingerprint density at radius 2 is 2.13 bits per heavy atom. The van der Waals surface area contributed by atoms with Gasteiger partial charge in [0, 0.05) is 18.0 Å². The molecule has 0 amide bonds.